The predicted molar refractivity (Wildman–Crippen MR) is 124 cm³/mol. The molecule has 2 aliphatic rings. The Balaban J connectivity index is 1.42. The van der Waals surface area contributed by atoms with Crippen LogP contribution in [0, 0.1) is 0 Å². The van der Waals surface area contributed by atoms with E-state index < -0.39 is 5.91 Å². The number of fused-ring (bicyclic) bond motifs is 2. The van der Waals surface area contributed by atoms with E-state index in [0.717, 1.165) is 0 Å². The van der Waals surface area contributed by atoms with E-state index >= 15 is 0 Å². The highest BCUT2D eigenvalue weighted by atomic mass is 16.7. The minimum atomic E-state index is -0.432. The summed E-state index contributed by atoms with van der Waals surface area (Å²) in [7, 11) is 0. The number of rotatable bonds is 6. The molecule has 0 saturated heterocycles. The first-order valence-electron chi connectivity index (χ1n) is 10.7. The molecular weight excluding hydrogens is 452 g/mol. The SMILES string of the molecule is O=C(Nc1ccccc1)c1c(Oc2ccccn2)cc(Oc2ccc3c(c2)OCO3)c2c1OCO2. The standard InChI is InChI=1S/C26H18N2O7/c29-26(28-16-6-2-1-3-7-16)23-20(35-22-8-4-5-11-27-22)13-21(24-25(23)33-15-32-24)34-17-9-10-18-19(12-17)31-14-30-18/h1-13H,14-15H2,(H,28,29). The van der Waals surface area contributed by atoms with Crippen LogP contribution in [0.4, 0.5) is 5.69 Å². The minimum Gasteiger partial charge on any atom is -0.454 e. The number of para-hydroxylation sites is 1. The van der Waals surface area contributed by atoms with Gasteiger partial charge in [0.15, 0.2) is 23.0 Å². The van der Waals surface area contributed by atoms with Gasteiger partial charge in [0.25, 0.3) is 5.91 Å². The fraction of sp³-hybridized carbons (Fsp3) is 0.0769. The molecule has 0 aliphatic carbocycles. The summed E-state index contributed by atoms with van der Waals surface area (Å²) < 4.78 is 34.3. The Morgan fingerprint density at radius 2 is 1.57 bits per heavy atom. The predicted octanol–water partition coefficient (Wildman–Crippen LogP) is 5.38. The number of nitrogens with one attached hydrogen (secondary N) is 1. The summed E-state index contributed by atoms with van der Waals surface area (Å²) in [5.41, 5.74) is 0.777. The maximum Gasteiger partial charge on any atom is 0.263 e. The summed E-state index contributed by atoms with van der Waals surface area (Å²) >= 11 is 0. The van der Waals surface area contributed by atoms with Crippen LogP contribution in [0.1, 0.15) is 10.4 Å². The van der Waals surface area contributed by atoms with Crippen molar-refractivity contribution in [3.63, 3.8) is 0 Å². The molecule has 0 atom stereocenters. The lowest BCUT2D eigenvalue weighted by Crippen LogP contribution is -2.14. The highest BCUT2D eigenvalue weighted by molar-refractivity contribution is 6.09. The van der Waals surface area contributed by atoms with Gasteiger partial charge in [0.05, 0.1) is 0 Å². The average Bonchev–Trinajstić information content (AvgIpc) is 3.55. The second kappa shape index (κ2) is 8.79. The fourth-order valence-electron chi connectivity index (χ4n) is 3.69. The van der Waals surface area contributed by atoms with E-state index in [9.17, 15) is 4.79 Å². The molecule has 174 valence electrons. The summed E-state index contributed by atoms with van der Waals surface area (Å²) in [4.78, 5) is 17.6. The van der Waals surface area contributed by atoms with Gasteiger partial charge in [0.2, 0.25) is 25.2 Å². The van der Waals surface area contributed by atoms with Crippen molar-refractivity contribution in [2.24, 2.45) is 0 Å². The molecule has 0 unspecified atom stereocenters. The van der Waals surface area contributed by atoms with E-state index in [0.29, 0.717) is 34.6 Å². The molecule has 35 heavy (non-hydrogen) atoms. The van der Waals surface area contributed by atoms with Gasteiger partial charge in [-0.25, -0.2) is 4.98 Å². The molecule has 0 bridgehead atoms. The fourth-order valence-corrected chi connectivity index (χ4v) is 3.69. The summed E-state index contributed by atoms with van der Waals surface area (Å²) in [6, 6.07) is 21.1. The van der Waals surface area contributed by atoms with E-state index in [1.54, 1.807) is 60.8 Å². The monoisotopic (exact) mass is 470 g/mol. The van der Waals surface area contributed by atoms with Crippen LogP contribution in [0.5, 0.6) is 46.1 Å². The van der Waals surface area contributed by atoms with Crippen molar-refractivity contribution in [1.29, 1.82) is 0 Å². The van der Waals surface area contributed by atoms with Crippen molar-refractivity contribution in [2.45, 2.75) is 0 Å². The number of hydrogen-bond acceptors (Lipinski definition) is 8. The number of amides is 1. The zero-order valence-corrected chi connectivity index (χ0v) is 18.2. The molecule has 0 spiro atoms. The van der Waals surface area contributed by atoms with Gasteiger partial charge in [-0.3, -0.25) is 4.79 Å². The van der Waals surface area contributed by atoms with Crippen LogP contribution in [0.25, 0.3) is 0 Å². The van der Waals surface area contributed by atoms with Crippen molar-refractivity contribution in [3.05, 3.63) is 84.6 Å². The highest BCUT2D eigenvalue weighted by Gasteiger charge is 2.32. The number of aromatic nitrogens is 1. The Morgan fingerprint density at radius 3 is 2.43 bits per heavy atom. The number of anilines is 1. The number of benzene rings is 3. The Hall–Kier alpha value is -4.92. The molecule has 3 heterocycles. The van der Waals surface area contributed by atoms with E-state index in [1.807, 2.05) is 18.2 Å². The van der Waals surface area contributed by atoms with Gasteiger partial charge in [-0.2, -0.15) is 0 Å². The van der Waals surface area contributed by atoms with Gasteiger partial charge in [-0.1, -0.05) is 24.3 Å². The molecule has 9 nitrogen and oxygen atoms in total. The Kier molecular flexibility index (Phi) is 5.19. The second-order valence-corrected chi connectivity index (χ2v) is 7.52. The molecule has 4 aromatic rings. The molecule has 0 radical (unpaired) electrons. The van der Waals surface area contributed by atoms with Crippen molar-refractivity contribution < 1.29 is 33.2 Å². The first kappa shape index (κ1) is 20.7. The van der Waals surface area contributed by atoms with Crippen LogP contribution in [0.3, 0.4) is 0 Å². The first-order valence-corrected chi connectivity index (χ1v) is 10.7. The molecular formula is C26H18N2O7. The summed E-state index contributed by atoms with van der Waals surface area (Å²) in [5.74, 6) is 2.55. The third kappa shape index (κ3) is 4.10. The van der Waals surface area contributed by atoms with E-state index in [1.165, 1.54) is 0 Å². The smallest absolute Gasteiger partial charge is 0.263 e. The first-order chi connectivity index (χ1) is 17.2. The molecule has 1 aromatic heterocycles. The zero-order chi connectivity index (χ0) is 23.6. The normalized spacial score (nSPS) is 12.8. The van der Waals surface area contributed by atoms with Gasteiger partial charge >= 0.3 is 0 Å². The Morgan fingerprint density at radius 1 is 0.771 bits per heavy atom. The largest absolute Gasteiger partial charge is 0.454 e. The van der Waals surface area contributed by atoms with Gasteiger partial charge in [0.1, 0.15) is 17.1 Å². The van der Waals surface area contributed by atoms with Crippen LogP contribution >= 0.6 is 0 Å². The maximum atomic E-state index is 13.4. The topological polar surface area (TPSA) is 97.4 Å². The summed E-state index contributed by atoms with van der Waals surface area (Å²) in [6.07, 6.45) is 1.59. The van der Waals surface area contributed by atoms with Gasteiger partial charge in [0, 0.05) is 30.1 Å². The molecule has 0 saturated carbocycles. The number of ether oxygens (including phenoxy) is 6. The summed E-state index contributed by atoms with van der Waals surface area (Å²) in [6.45, 7) is 0.0733. The minimum absolute atomic E-state index is 0.0779. The quantitative estimate of drug-likeness (QED) is 0.401. The van der Waals surface area contributed by atoms with Gasteiger partial charge in [-0.15, -0.1) is 0 Å². The van der Waals surface area contributed by atoms with Crippen molar-refractivity contribution in [2.75, 3.05) is 18.9 Å². The van der Waals surface area contributed by atoms with Crippen molar-refractivity contribution in [3.8, 4) is 46.1 Å². The van der Waals surface area contributed by atoms with Crippen LogP contribution in [-0.2, 0) is 0 Å². The van der Waals surface area contributed by atoms with E-state index in [2.05, 4.69) is 10.3 Å². The highest BCUT2D eigenvalue weighted by Crippen LogP contribution is 2.50. The molecule has 6 rings (SSSR count). The molecule has 0 fully saturated rings. The molecule has 1 N–H and O–H groups in total. The van der Waals surface area contributed by atoms with Crippen LogP contribution < -0.4 is 33.7 Å². The van der Waals surface area contributed by atoms with Crippen LogP contribution in [-0.4, -0.2) is 24.5 Å². The van der Waals surface area contributed by atoms with Crippen LogP contribution in [0.2, 0.25) is 0 Å². The number of carbonyl (C=O) groups is 1. The number of hydrogen-bond donors (Lipinski definition) is 1. The van der Waals surface area contributed by atoms with Gasteiger partial charge < -0.3 is 33.7 Å². The molecule has 3 aromatic carbocycles. The summed E-state index contributed by atoms with van der Waals surface area (Å²) in [5, 5.41) is 2.87. The number of nitrogens with zero attached hydrogens (tertiary/aromatic N) is 1. The average molecular weight is 470 g/mol. The van der Waals surface area contributed by atoms with Crippen molar-refractivity contribution in [1.82, 2.24) is 4.98 Å². The maximum absolute atomic E-state index is 13.4. The second-order valence-electron chi connectivity index (χ2n) is 7.52. The lowest BCUT2D eigenvalue weighted by molar-refractivity contribution is 0.101. The molecule has 2 aliphatic heterocycles. The Labute approximate surface area is 199 Å². The Bertz CT molecular complexity index is 1390. The third-order valence-electron chi connectivity index (χ3n) is 5.26. The zero-order valence-electron chi connectivity index (χ0n) is 18.2. The van der Waals surface area contributed by atoms with Crippen LogP contribution in [0.15, 0.2) is 79.0 Å². The number of carbonyl (C=O) groups excluding carboxylic acids is 1. The van der Waals surface area contributed by atoms with E-state index in [-0.39, 0.29) is 36.4 Å². The third-order valence-corrected chi connectivity index (χ3v) is 5.26. The molecule has 9 heteroatoms. The van der Waals surface area contributed by atoms with Gasteiger partial charge in [-0.05, 0) is 30.3 Å². The lowest BCUT2D eigenvalue weighted by Gasteiger charge is -2.16. The molecule has 1 amide bonds. The van der Waals surface area contributed by atoms with Crippen molar-refractivity contribution >= 4 is 11.6 Å². The number of pyridine rings is 1. The lowest BCUT2D eigenvalue weighted by atomic mass is 10.1. The van der Waals surface area contributed by atoms with E-state index in [4.69, 9.17) is 28.4 Å².